The van der Waals surface area contributed by atoms with Gasteiger partial charge in [-0.3, -0.25) is 0 Å². The van der Waals surface area contributed by atoms with Crippen molar-refractivity contribution in [3.8, 4) is 22.6 Å². The van der Waals surface area contributed by atoms with Gasteiger partial charge in [0.25, 0.3) is 0 Å². The molecule has 6 atom stereocenters. The first kappa shape index (κ1) is 27.1. The molecule has 38 heavy (non-hydrogen) atoms. The van der Waals surface area contributed by atoms with E-state index in [-0.39, 0.29) is 30.5 Å². The van der Waals surface area contributed by atoms with E-state index in [0.29, 0.717) is 24.7 Å². The van der Waals surface area contributed by atoms with Gasteiger partial charge in [0.15, 0.2) is 23.1 Å². The minimum absolute atomic E-state index is 0.360. The minimum atomic E-state index is -0.776. The molecule has 0 radical (unpaired) electrons. The molecule has 0 amide bonds. The Bertz CT molecular complexity index is 1100. The van der Waals surface area contributed by atoms with Crippen molar-refractivity contribution < 1.29 is 37.9 Å². The van der Waals surface area contributed by atoms with Crippen molar-refractivity contribution in [3.05, 3.63) is 60.7 Å². The second-order valence-electron chi connectivity index (χ2n) is 10.8. The van der Waals surface area contributed by atoms with E-state index in [0.717, 1.165) is 16.7 Å². The van der Waals surface area contributed by atoms with Crippen LogP contribution >= 0.6 is 0 Å². The second kappa shape index (κ2) is 10.6. The number of hydrogen-bond acceptors (Lipinski definition) is 8. The first-order chi connectivity index (χ1) is 18.1. The predicted molar refractivity (Wildman–Crippen MR) is 141 cm³/mol. The average Bonchev–Trinajstić information content (AvgIpc) is 3.39. The molecule has 2 aliphatic heterocycles. The first-order valence-electron chi connectivity index (χ1n) is 13.0. The van der Waals surface area contributed by atoms with E-state index < -0.39 is 17.7 Å². The Kier molecular flexibility index (Phi) is 7.57. The van der Waals surface area contributed by atoms with Crippen molar-refractivity contribution >= 4 is 0 Å². The Labute approximate surface area is 224 Å². The zero-order chi connectivity index (χ0) is 27.1. The van der Waals surface area contributed by atoms with Gasteiger partial charge >= 0.3 is 0 Å². The maximum Gasteiger partial charge on any atom is 0.164 e. The molecule has 3 fully saturated rings. The van der Waals surface area contributed by atoms with E-state index in [1.807, 2.05) is 45.9 Å². The quantitative estimate of drug-likeness (QED) is 0.428. The Morgan fingerprint density at radius 1 is 0.711 bits per heavy atom. The largest absolute Gasteiger partial charge is 0.493 e. The molecule has 2 saturated heterocycles. The Hall–Kier alpha value is -2.46. The fraction of sp³-hybridized carbons (Fsp3) is 0.533. The molecule has 2 heterocycles. The van der Waals surface area contributed by atoms with Crippen molar-refractivity contribution in [2.24, 2.45) is 0 Å². The van der Waals surface area contributed by atoms with Gasteiger partial charge in [0.2, 0.25) is 0 Å². The summed E-state index contributed by atoms with van der Waals surface area (Å²) < 4.78 is 48.8. The number of hydrogen-bond donors (Lipinski definition) is 0. The molecule has 0 bridgehead atoms. The predicted octanol–water partition coefficient (Wildman–Crippen LogP) is 4.88. The molecule has 1 saturated carbocycles. The summed E-state index contributed by atoms with van der Waals surface area (Å²) in [6.45, 7) is 12.2. The first-order valence-corrected chi connectivity index (χ1v) is 13.0. The van der Waals surface area contributed by atoms with Crippen molar-refractivity contribution in [1.29, 1.82) is 0 Å². The summed E-state index contributed by atoms with van der Waals surface area (Å²) in [5.41, 5.74) is 3.14. The van der Waals surface area contributed by atoms with Crippen LogP contribution in [0.5, 0.6) is 11.5 Å². The van der Waals surface area contributed by atoms with Crippen LogP contribution in [0.1, 0.15) is 33.3 Å². The minimum Gasteiger partial charge on any atom is -0.493 e. The summed E-state index contributed by atoms with van der Waals surface area (Å²) in [5, 5.41) is 0. The molecular weight excluding hydrogens is 488 g/mol. The van der Waals surface area contributed by atoms with Crippen LogP contribution in [0.4, 0.5) is 0 Å². The summed E-state index contributed by atoms with van der Waals surface area (Å²) >= 11 is 0. The summed E-state index contributed by atoms with van der Waals surface area (Å²) in [6.07, 6.45) is -0.508. The van der Waals surface area contributed by atoms with E-state index in [1.54, 1.807) is 20.3 Å². The molecule has 206 valence electrons. The third-order valence-electron chi connectivity index (χ3n) is 7.14. The van der Waals surface area contributed by atoms with E-state index in [2.05, 4.69) is 30.8 Å². The molecule has 2 aromatic carbocycles. The van der Waals surface area contributed by atoms with Crippen molar-refractivity contribution in [1.82, 2.24) is 0 Å². The Balaban J connectivity index is 1.34. The second-order valence-corrected chi connectivity index (χ2v) is 10.8. The molecule has 1 aliphatic carbocycles. The van der Waals surface area contributed by atoms with E-state index >= 15 is 0 Å². The number of benzene rings is 2. The summed E-state index contributed by atoms with van der Waals surface area (Å²) in [6, 6.07) is 14.2. The van der Waals surface area contributed by atoms with Crippen LogP contribution in [0.25, 0.3) is 11.1 Å². The SMILES string of the molecule is C=CCOC1[C@H]2OC(C)(C)O[C@@H]2C(OCc2ccc(-c3ccc(OC)c(OC)c3)cc2)[C@H]2OC(C)(C)O[C@@H]12. The third kappa shape index (κ3) is 5.34. The Morgan fingerprint density at radius 3 is 1.71 bits per heavy atom. The third-order valence-corrected chi connectivity index (χ3v) is 7.14. The van der Waals surface area contributed by atoms with Crippen LogP contribution in [0.2, 0.25) is 0 Å². The molecular formula is C30H38O8. The summed E-state index contributed by atoms with van der Waals surface area (Å²) in [5.74, 6) is -0.160. The highest BCUT2D eigenvalue weighted by Gasteiger charge is 2.64. The topological polar surface area (TPSA) is 73.8 Å². The molecule has 8 nitrogen and oxygen atoms in total. The standard InChI is InChI=1S/C30H38O8/c1-8-15-33-23-25-27(37-29(2,3)35-25)24(28-26(23)36-30(4,5)38-28)34-17-18-9-11-19(12-10-18)20-13-14-21(31-6)22(16-20)32-7/h8-14,16,23-28H,1,15,17H2,2-7H3/t23?,24?,25-,26+,27-,28-/m1/s1. The molecule has 0 aromatic heterocycles. The van der Waals surface area contributed by atoms with Gasteiger partial charge in [-0.05, 0) is 56.5 Å². The van der Waals surface area contributed by atoms with Gasteiger partial charge in [0.05, 0.1) is 27.4 Å². The number of ether oxygens (including phenoxy) is 8. The van der Waals surface area contributed by atoms with E-state index in [9.17, 15) is 0 Å². The molecule has 3 aliphatic rings. The fourth-order valence-corrected chi connectivity index (χ4v) is 5.58. The van der Waals surface area contributed by atoms with Crippen LogP contribution in [0.3, 0.4) is 0 Å². The molecule has 2 unspecified atom stereocenters. The zero-order valence-electron chi connectivity index (χ0n) is 23.0. The monoisotopic (exact) mass is 526 g/mol. The maximum atomic E-state index is 6.53. The number of fused-ring (bicyclic) bond motifs is 2. The highest BCUT2D eigenvalue weighted by molar-refractivity contribution is 5.67. The van der Waals surface area contributed by atoms with Gasteiger partial charge in [-0.2, -0.15) is 0 Å². The van der Waals surface area contributed by atoms with Crippen LogP contribution < -0.4 is 9.47 Å². The van der Waals surface area contributed by atoms with Gasteiger partial charge in [-0.25, -0.2) is 0 Å². The van der Waals surface area contributed by atoms with Gasteiger partial charge in [-0.1, -0.05) is 36.4 Å². The van der Waals surface area contributed by atoms with Crippen LogP contribution in [0.15, 0.2) is 55.1 Å². The van der Waals surface area contributed by atoms with Gasteiger partial charge in [0, 0.05) is 0 Å². The van der Waals surface area contributed by atoms with Crippen LogP contribution in [0, 0.1) is 0 Å². The van der Waals surface area contributed by atoms with Crippen LogP contribution in [-0.2, 0) is 35.0 Å². The molecule has 0 N–H and O–H groups in total. The van der Waals surface area contributed by atoms with Crippen molar-refractivity contribution in [2.45, 2.75) is 82.5 Å². The van der Waals surface area contributed by atoms with Crippen LogP contribution in [-0.4, -0.2) is 69.0 Å². The number of rotatable bonds is 9. The molecule has 0 spiro atoms. The molecule has 5 rings (SSSR count). The molecule has 8 heteroatoms. The summed E-state index contributed by atoms with van der Waals surface area (Å²) in [4.78, 5) is 0. The fourth-order valence-electron chi connectivity index (χ4n) is 5.58. The van der Waals surface area contributed by atoms with Gasteiger partial charge in [0.1, 0.15) is 36.6 Å². The average molecular weight is 527 g/mol. The van der Waals surface area contributed by atoms with Gasteiger partial charge < -0.3 is 37.9 Å². The smallest absolute Gasteiger partial charge is 0.164 e. The van der Waals surface area contributed by atoms with Gasteiger partial charge in [-0.15, -0.1) is 6.58 Å². The number of methoxy groups -OCH3 is 2. The van der Waals surface area contributed by atoms with E-state index in [1.165, 1.54) is 0 Å². The summed E-state index contributed by atoms with van der Waals surface area (Å²) in [7, 11) is 3.27. The lowest BCUT2D eigenvalue weighted by atomic mass is 9.84. The van der Waals surface area contributed by atoms with E-state index in [4.69, 9.17) is 37.9 Å². The lowest BCUT2D eigenvalue weighted by Gasteiger charge is -2.42. The highest BCUT2D eigenvalue weighted by atomic mass is 16.8. The van der Waals surface area contributed by atoms with Crippen molar-refractivity contribution in [3.63, 3.8) is 0 Å². The lowest BCUT2D eigenvalue weighted by Crippen LogP contribution is -2.63. The lowest BCUT2D eigenvalue weighted by molar-refractivity contribution is -0.190. The highest BCUT2D eigenvalue weighted by Crippen LogP contribution is 2.46. The van der Waals surface area contributed by atoms with Crippen molar-refractivity contribution in [2.75, 3.05) is 20.8 Å². The Morgan fingerprint density at radius 2 is 1.21 bits per heavy atom. The zero-order valence-corrected chi connectivity index (χ0v) is 23.0. The molecule has 2 aromatic rings. The maximum absolute atomic E-state index is 6.53. The normalized spacial score (nSPS) is 30.9.